The number of nitrogens with one attached hydrogen (secondary N) is 1. The van der Waals surface area contributed by atoms with Crippen LogP contribution in [0.1, 0.15) is 39.0 Å². The van der Waals surface area contributed by atoms with Crippen molar-refractivity contribution in [1.29, 1.82) is 0 Å². The fourth-order valence-electron chi connectivity index (χ4n) is 2.40. The maximum Gasteiger partial charge on any atom is 0.260 e. The molecule has 0 radical (unpaired) electrons. The molecule has 1 aromatic rings. The number of hydrogen-bond donors (Lipinski definition) is 2. The van der Waals surface area contributed by atoms with Crippen LogP contribution in [-0.4, -0.2) is 18.1 Å². The van der Waals surface area contributed by atoms with E-state index in [-0.39, 0.29) is 11.9 Å². The first kappa shape index (κ1) is 15.0. The van der Waals surface area contributed by atoms with E-state index in [4.69, 9.17) is 22.1 Å². The first-order valence-electron chi connectivity index (χ1n) is 7.08. The lowest BCUT2D eigenvalue weighted by atomic mass is 9.95. The van der Waals surface area contributed by atoms with Gasteiger partial charge in [0.05, 0.1) is 10.7 Å². The smallest absolute Gasteiger partial charge is 0.260 e. The zero-order valence-corrected chi connectivity index (χ0v) is 12.5. The molecule has 3 N–H and O–H groups in total. The molecule has 1 fully saturated rings. The molecule has 1 saturated carbocycles. The predicted octanol–water partition coefficient (Wildman–Crippen LogP) is 3.14. The Morgan fingerprint density at radius 2 is 2.10 bits per heavy atom. The fraction of sp³-hybridized carbons (Fsp3) is 0.533. The Morgan fingerprint density at radius 1 is 1.40 bits per heavy atom. The van der Waals surface area contributed by atoms with E-state index in [1.54, 1.807) is 25.1 Å². The number of benzene rings is 1. The van der Waals surface area contributed by atoms with E-state index < -0.39 is 6.10 Å². The van der Waals surface area contributed by atoms with Crippen LogP contribution < -0.4 is 15.8 Å². The summed E-state index contributed by atoms with van der Waals surface area (Å²) >= 11 is 5.93. The van der Waals surface area contributed by atoms with Crippen molar-refractivity contribution in [2.75, 3.05) is 5.73 Å². The Hall–Kier alpha value is -1.42. The van der Waals surface area contributed by atoms with Gasteiger partial charge in [0.2, 0.25) is 0 Å². The first-order chi connectivity index (χ1) is 9.56. The molecule has 2 rings (SSSR count). The van der Waals surface area contributed by atoms with Crippen molar-refractivity contribution in [2.45, 2.75) is 51.2 Å². The van der Waals surface area contributed by atoms with Crippen molar-refractivity contribution in [1.82, 2.24) is 5.32 Å². The van der Waals surface area contributed by atoms with Gasteiger partial charge in [0.25, 0.3) is 5.91 Å². The number of amides is 1. The maximum atomic E-state index is 12.1. The van der Waals surface area contributed by atoms with E-state index in [2.05, 4.69) is 5.32 Å². The zero-order chi connectivity index (χ0) is 14.5. The SMILES string of the molecule is CC(Oc1ccc(N)c(Cl)c1)C(=O)NC1CCCCC1. The van der Waals surface area contributed by atoms with E-state index in [0.717, 1.165) is 12.8 Å². The molecule has 1 aliphatic rings. The Balaban J connectivity index is 1.88. The summed E-state index contributed by atoms with van der Waals surface area (Å²) in [5.41, 5.74) is 6.13. The molecule has 1 aliphatic carbocycles. The number of carbonyl (C=O) groups is 1. The van der Waals surface area contributed by atoms with E-state index in [0.29, 0.717) is 16.5 Å². The van der Waals surface area contributed by atoms with Crippen LogP contribution in [0.5, 0.6) is 5.75 Å². The average molecular weight is 297 g/mol. The number of nitrogen functional groups attached to an aromatic ring is 1. The van der Waals surface area contributed by atoms with Crippen LogP contribution in [0.25, 0.3) is 0 Å². The maximum absolute atomic E-state index is 12.1. The van der Waals surface area contributed by atoms with Gasteiger partial charge >= 0.3 is 0 Å². The monoisotopic (exact) mass is 296 g/mol. The molecule has 0 saturated heterocycles. The summed E-state index contributed by atoms with van der Waals surface area (Å²) in [5.74, 6) is 0.473. The molecule has 1 unspecified atom stereocenters. The highest BCUT2D eigenvalue weighted by molar-refractivity contribution is 6.33. The van der Waals surface area contributed by atoms with Gasteiger partial charge in [-0.2, -0.15) is 0 Å². The van der Waals surface area contributed by atoms with E-state index in [9.17, 15) is 4.79 Å². The van der Waals surface area contributed by atoms with Gasteiger partial charge < -0.3 is 15.8 Å². The normalized spacial score (nSPS) is 17.5. The molecule has 0 aromatic heterocycles. The minimum atomic E-state index is -0.545. The van der Waals surface area contributed by atoms with Crippen LogP contribution in [0.2, 0.25) is 5.02 Å². The second kappa shape index (κ2) is 6.84. The molecule has 20 heavy (non-hydrogen) atoms. The highest BCUT2D eigenvalue weighted by Crippen LogP contribution is 2.25. The lowest BCUT2D eigenvalue weighted by Gasteiger charge is -2.24. The summed E-state index contributed by atoms with van der Waals surface area (Å²) < 4.78 is 5.60. The van der Waals surface area contributed by atoms with E-state index >= 15 is 0 Å². The number of halogens is 1. The molecule has 0 bridgehead atoms. The highest BCUT2D eigenvalue weighted by Gasteiger charge is 2.20. The molecule has 1 aromatic carbocycles. The van der Waals surface area contributed by atoms with Gasteiger partial charge in [-0.1, -0.05) is 30.9 Å². The van der Waals surface area contributed by atoms with Crippen LogP contribution in [0.15, 0.2) is 18.2 Å². The van der Waals surface area contributed by atoms with Crippen LogP contribution in [0.4, 0.5) is 5.69 Å². The summed E-state index contributed by atoms with van der Waals surface area (Å²) in [7, 11) is 0. The lowest BCUT2D eigenvalue weighted by Crippen LogP contribution is -2.43. The molecular formula is C15H21ClN2O2. The average Bonchev–Trinajstić information content (AvgIpc) is 2.44. The number of nitrogens with two attached hydrogens (primary N) is 1. The summed E-state index contributed by atoms with van der Waals surface area (Å²) in [6.07, 6.45) is 5.22. The number of anilines is 1. The van der Waals surface area contributed by atoms with E-state index in [1.807, 2.05) is 0 Å². The van der Waals surface area contributed by atoms with Crippen LogP contribution >= 0.6 is 11.6 Å². The minimum Gasteiger partial charge on any atom is -0.481 e. The topological polar surface area (TPSA) is 64.3 Å². The number of hydrogen-bond acceptors (Lipinski definition) is 3. The predicted molar refractivity (Wildman–Crippen MR) is 81.0 cm³/mol. The van der Waals surface area contributed by atoms with Crippen molar-refractivity contribution in [2.24, 2.45) is 0 Å². The van der Waals surface area contributed by atoms with Crippen molar-refractivity contribution in [3.05, 3.63) is 23.2 Å². The van der Waals surface area contributed by atoms with Crippen LogP contribution in [-0.2, 0) is 4.79 Å². The molecule has 4 nitrogen and oxygen atoms in total. The third kappa shape index (κ3) is 4.04. The third-order valence-corrected chi connectivity index (χ3v) is 3.93. The Morgan fingerprint density at radius 3 is 2.75 bits per heavy atom. The molecule has 1 amide bonds. The summed E-state index contributed by atoms with van der Waals surface area (Å²) in [4.78, 5) is 12.1. The van der Waals surface area contributed by atoms with Gasteiger partial charge in [0, 0.05) is 12.1 Å². The van der Waals surface area contributed by atoms with Crippen LogP contribution in [0, 0.1) is 0 Å². The summed E-state index contributed by atoms with van der Waals surface area (Å²) in [5, 5.41) is 3.48. The second-order valence-corrected chi connectivity index (χ2v) is 5.69. The van der Waals surface area contributed by atoms with Gasteiger partial charge in [0.15, 0.2) is 6.10 Å². The zero-order valence-electron chi connectivity index (χ0n) is 11.7. The number of rotatable bonds is 4. The molecule has 1 atom stereocenters. The van der Waals surface area contributed by atoms with Gasteiger partial charge in [-0.15, -0.1) is 0 Å². The van der Waals surface area contributed by atoms with Gasteiger partial charge in [-0.05, 0) is 31.9 Å². The van der Waals surface area contributed by atoms with Gasteiger partial charge in [-0.25, -0.2) is 0 Å². The second-order valence-electron chi connectivity index (χ2n) is 5.29. The lowest BCUT2D eigenvalue weighted by molar-refractivity contribution is -0.128. The standard InChI is InChI=1S/C15H21ClN2O2/c1-10(15(19)18-11-5-3-2-4-6-11)20-12-7-8-14(17)13(16)9-12/h7-11H,2-6,17H2,1H3,(H,18,19). The molecular weight excluding hydrogens is 276 g/mol. The minimum absolute atomic E-state index is 0.0788. The van der Waals surface area contributed by atoms with Crippen LogP contribution in [0.3, 0.4) is 0 Å². The largest absolute Gasteiger partial charge is 0.481 e. The Bertz CT molecular complexity index is 473. The summed E-state index contributed by atoms with van der Waals surface area (Å²) in [6, 6.07) is 5.30. The quantitative estimate of drug-likeness (QED) is 0.839. The molecule has 5 heteroatoms. The van der Waals surface area contributed by atoms with Crippen molar-refractivity contribution >= 4 is 23.2 Å². The molecule has 110 valence electrons. The van der Waals surface area contributed by atoms with Crippen molar-refractivity contribution < 1.29 is 9.53 Å². The molecule has 0 spiro atoms. The first-order valence-corrected chi connectivity index (χ1v) is 7.46. The van der Waals surface area contributed by atoms with E-state index in [1.165, 1.54) is 19.3 Å². The van der Waals surface area contributed by atoms with Gasteiger partial charge in [-0.3, -0.25) is 4.79 Å². The molecule has 0 heterocycles. The number of carbonyl (C=O) groups excluding carboxylic acids is 1. The fourth-order valence-corrected chi connectivity index (χ4v) is 2.57. The highest BCUT2D eigenvalue weighted by atomic mass is 35.5. The Labute approximate surface area is 124 Å². The van der Waals surface area contributed by atoms with Gasteiger partial charge in [0.1, 0.15) is 5.75 Å². The molecule has 0 aliphatic heterocycles. The summed E-state index contributed by atoms with van der Waals surface area (Å²) in [6.45, 7) is 1.74. The Kier molecular flexibility index (Phi) is 5.12. The van der Waals surface area contributed by atoms with Crippen molar-refractivity contribution in [3.8, 4) is 5.75 Å². The third-order valence-electron chi connectivity index (χ3n) is 3.61. The number of ether oxygens (including phenoxy) is 1. The van der Waals surface area contributed by atoms with Crippen molar-refractivity contribution in [3.63, 3.8) is 0 Å².